The first-order chi connectivity index (χ1) is 12.4. The van der Waals surface area contributed by atoms with E-state index < -0.39 is 15.6 Å². The molecular formula is C16H22N4O4S2. The Morgan fingerprint density at radius 2 is 1.81 bits per heavy atom. The van der Waals surface area contributed by atoms with Crippen LogP contribution in [0.2, 0.25) is 0 Å². The highest BCUT2D eigenvalue weighted by atomic mass is 32.2. The standard InChI is InChI=1S/C16H22N4O4S2/c21-14-16(5-1-2-6-16)17-15(22)20(14)12-18-7-9-19(10-8-18)26(23,24)13-4-3-11-25-13/h3-4,11H,1-2,5-10,12H2,(H,17,22). The largest absolute Gasteiger partial charge is 0.326 e. The van der Waals surface area contributed by atoms with Crippen molar-refractivity contribution in [1.29, 1.82) is 0 Å². The molecule has 1 aromatic heterocycles. The summed E-state index contributed by atoms with van der Waals surface area (Å²) < 4.78 is 26.9. The van der Waals surface area contributed by atoms with Crippen molar-refractivity contribution in [3.8, 4) is 0 Å². The number of thiophene rings is 1. The monoisotopic (exact) mass is 398 g/mol. The van der Waals surface area contributed by atoms with E-state index in [1.54, 1.807) is 17.5 Å². The highest BCUT2D eigenvalue weighted by molar-refractivity contribution is 7.91. The van der Waals surface area contributed by atoms with E-state index in [-0.39, 0.29) is 18.6 Å². The summed E-state index contributed by atoms with van der Waals surface area (Å²) in [6.45, 7) is 1.92. The highest BCUT2D eigenvalue weighted by Gasteiger charge is 2.52. The van der Waals surface area contributed by atoms with Crippen molar-refractivity contribution in [2.24, 2.45) is 0 Å². The van der Waals surface area contributed by atoms with Crippen LogP contribution in [-0.4, -0.2) is 72.8 Å². The lowest BCUT2D eigenvalue weighted by Gasteiger charge is -2.35. The first-order valence-electron chi connectivity index (χ1n) is 8.83. The number of carbonyl (C=O) groups excluding carboxylic acids is 2. The number of sulfonamides is 1. The summed E-state index contributed by atoms with van der Waals surface area (Å²) in [6.07, 6.45) is 3.33. The maximum atomic E-state index is 12.7. The van der Waals surface area contributed by atoms with Crippen LogP contribution in [0.25, 0.3) is 0 Å². The summed E-state index contributed by atoms with van der Waals surface area (Å²) >= 11 is 1.21. The number of carbonyl (C=O) groups is 2. The van der Waals surface area contributed by atoms with Crippen molar-refractivity contribution in [2.75, 3.05) is 32.8 Å². The molecule has 8 nitrogen and oxygen atoms in total. The lowest BCUT2D eigenvalue weighted by atomic mass is 9.98. The molecule has 142 valence electrons. The maximum absolute atomic E-state index is 12.7. The van der Waals surface area contributed by atoms with Crippen molar-refractivity contribution in [2.45, 2.75) is 35.4 Å². The number of amides is 3. The molecule has 0 unspecified atom stereocenters. The van der Waals surface area contributed by atoms with E-state index in [0.717, 1.165) is 12.8 Å². The molecule has 3 aliphatic rings. The first kappa shape index (κ1) is 17.9. The zero-order valence-electron chi connectivity index (χ0n) is 14.4. The van der Waals surface area contributed by atoms with Gasteiger partial charge in [0.1, 0.15) is 9.75 Å². The molecule has 0 bridgehead atoms. The second-order valence-electron chi connectivity index (χ2n) is 7.05. The fourth-order valence-electron chi connectivity index (χ4n) is 3.97. The average Bonchev–Trinajstić information content (AvgIpc) is 3.35. The summed E-state index contributed by atoms with van der Waals surface area (Å²) in [4.78, 5) is 28.2. The number of nitrogens with zero attached hydrogens (tertiary/aromatic N) is 3. The third-order valence-electron chi connectivity index (χ3n) is 5.46. The molecule has 10 heteroatoms. The molecule has 2 aliphatic heterocycles. The Balaban J connectivity index is 1.37. The lowest BCUT2D eigenvalue weighted by Crippen LogP contribution is -2.52. The van der Waals surface area contributed by atoms with Gasteiger partial charge in [0.05, 0.1) is 6.67 Å². The lowest BCUT2D eigenvalue weighted by molar-refractivity contribution is -0.132. The molecule has 26 heavy (non-hydrogen) atoms. The van der Waals surface area contributed by atoms with E-state index >= 15 is 0 Å². The van der Waals surface area contributed by atoms with Gasteiger partial charge in [-0.1, -0.05) is 18.9 Å². The zero-order chi connectivity index (χ0) is 18.4. The quantitative estimate of drug-likeness (QED) is 0.761. The van der Waals surface area contributed by atoms with E-state index in [1.807, 2.05) is 4.90 Å². The summed E-state index contributed by atoms with van der Waals surface area (Å²) in [5.74, 6) is -0.131. The number of hydrogen-bond acceptors (Lipinski definition) is 6. The molecular weight excluding hydrogens is 376 g/mol. The summed E-state index contributed by atoms with van der Waals surface area (Å²) in [5.41, 5.74) is -0.693. The molecule has 1 aromatic rings. The SMILES string of the molecule is O=C1NC2(CCCC2)C(=O)N1CN1CCN(S(=O)(=O)c2cccs2)CC1. The zero-order valence-corrected chi connectivity index (χ0v) is 16.0. The summed E-state index contributed by atoms with van der Waals surface area (Å²) in [5, 5.41) is 4.63. The van der Waals surface area contributed by atoms with Gasteiger partial charge in [-0.15, -0.1) is 11.3 Å². The second-order valence-corrected chi connectivity index (χ2v) is 10.2. The van der Waals surface area contributed by atoms with Gasteiger partial charge < -0.3 is 5.32 Å². The molecule has 3 heterocycles. The predicted molar refractivity (Wildman–Crippen MR) is 96.1 cm³/mol. The van der Waals surface area contributed by atoms with Gasteiger partial charge in [0.15, 0.2) is 0 Å². The van der Waals surface area contributed by atoms with Gasteiger partial charge in [-0.05, 0) is 24.3 Å². The maximum Gasteiger partial charge on any atom is 0.326 e. The molecule has 0 aromatic carbocycles. The van der Waals surface area contributed by atoms with Crippen LogP contribution in [0.1, 0.15) is 25.7 Å². The molecule has 0 atom stereocenters. The first-order valence-corrected chi connectivity index (χ1v) is 11.1. The smallest absolute Gasteiger partial charge is 0.323 e. The van der Waals surface area contributed by atoms with Crippen molar-refractivity contribution < 1.29 is 18.0 Å². The van der Waals surface area contributed by atoms with Gasteiger partial charge in [0.25, 0.3) is 15.9 Å². The van der Waals surface area contributed by atoms with Crippen LogP contribution in [0.15, 0.2) is 21.7 Å². The molecule has 1 spiro atoms. The third kappa shape index (κ3) is 2.94. The summed E-state index contributed by atoms with van der Waals surface area (Å²) in [7, 11) is -3.44. The van der Waals surface area contributed by atoms with E-state index in [1.165, 1.54) is 20.5 Å². The number of urea groups is 1. The molecule has 4 rings (SSSR count). The molecule has 0 radical (unpaired) electrons. The Morgan fingerprint density at radius 1 is 1.12 bits per heavy atom. The minimum absolute atomic E-state index is 0.131. The van der Waals surface area contributed by atoms with Crippen LogP contribution in [0.4, 0.5) is 4.79 Å². The Kier molecular flexibility index (Phi) is 4.54. The van der Waals surface area contributed by atoms with Crippen molar-refractivity contribution in [1.82, 2.24) is 19.4 Å². The molecule has 2 saturated heterocycles. The van der Waals surface area contributed by atoms with Gasteiger partial charge in [-0.3, -0.25) is 9.69 Å². The Labute approximate surface area is 156 Å². The third-order valence-corrected chi connectivity index (χ3v) is 8.74. The number of nitrogens with one attached hydrogen (secondary N) is 1. The van der Waals surface area contributed by atoms with Crippen molar-refractivity contribution in [3.05, 3.63) is 17.5 Å². The number of imide groups is 1. The average molecular weight is 399 g/mol. The van der Waals surface area contributed by atoms with E-state index in [4.69, 9.17) is 0 Å². The highest BCUT2D eigenvalue weighted by Crippen LogP contribution is 2.35. The van der Waals surface area contributed by atoms with E-state index in [9.17, 15) is 18.0 Å². The number of hydrogen-bond donors (Lipinski definition) is 1. The van der Waals surface area contributed by atoms with Crippen LogP contribution in [0, 0.1) is 0 Å². The fourth-order valence-corrected chi connectivity index (χ4v) is 6.54. The van der Waals surface area contributed by atoms with Crippen molar-refractivity contribution >= 4 is 33.3 Å². The van der Waals surface area contributed by atoms with Gasteiger partial charge in [-0.25, -0.2) is 18.1 Å². The fraction of sp³-hybridized carbons (Fsp3) is 0.625. The Bertz CT molecular complexity index is 794. The molecule has 1 aliphatic carbocycles. The second kappa shape index (κ2) is 6.59. The minimum Gasteiger partial charge on any atom is -0.323 e. The number of piperazine rings is 1. The number of rotatable bonds is 4. The predicted octanol–water partition coefficient (Wildman–Crippen LogP) is 0.877. The topological polar surface area (TPSA) is 90.0 Å². The van der Waals surface area contributed by atoms with Gasteiger partial charge in [-0.2, -0.15) is 4.31 Å². The Morgan fingerprint density at radius 3 is 2.42 bits per heavy atom. The Hall–Kier alpha value is -1.49. The normalized spacial score (nSPS) is 24.5. The van der Waals surface area contributed by atoms with E-state index in [2.05, 4.69) is 5.32 Å². The molecule has 1 saturated carbocycles. The van der Waals surface area contributed by atoms with Crippen molar-refractivity contribution in [3.63, 3.8) is 0 Å². The van der Waals surface area contributed by atoms with Crippen LogP contribution < -0.4 is 5.32 Å². The van der Waals surface area contributed by atoms with Gasteiger partial charge >= 0.3 is 6.03 Å². The molecule has 1 N–H and O–H groups in total. The van der Waals surface area contributed by atoms with Crippen LogP contribution in [0.3, 0.4) is 0 Å². The summed E-state index contributed by atoms with van der Waals surface area (Å²) in [6, 6.07) is 3.01. The van der Waals surface area contributed by atoms with Gasteiger partial charge in [0.2, 0.25) is 0 Å². The van der Waals surface area contributed by atoms with Gasteiger partial charge in [0, 0.05) is 26.2 Å². The molecule has 3 fully saturated rings. The minimum atomic E-state index is -3.44. The van der Waals surface area contributed by atoms with Crippen LogP contribution >= 0.6 is 11.3 Å². The van der Waals surface area contributed by atoms with Crippen LogP contribution in [0.5, 0.6) is 0 Å². The molecule has 3 amide bonds. The van der Waals surface area contributed by atoms with Crippen LogP contribution in [-0.2, 0) is 14.8 Å². The van der Waals surface area contributed by atoms with E-state index in [0.29, 0.717) is 43.2 Å².